The van der Waals surface area contributed by atoms with Crippen LogP contribution < -0.4 is 10.6 Å². The smallest absolute Gasteiger partial charge is 0.365 e. The van der Waals surface area contributed by atoms with Gasteiger partial charge in [-0.25, -0.2) is 4.98 Å². The van der Waals surface area contributed by atoms with E-state index in [2.05, 4.69) is 4.98 Å². The van der Waals surface area contributed by atoms with Gasteiger partial charge in [0.25, 0.3) is 5.91 Å². The quantitative estimate of drug-likeness (QED) is 0.896. The highest BCUT2D eigenvalue weighted by molar-refractivity contribution is 5.97. The van der Waals surface area contributed by atoms with Crippen LogP contribution in [0.15, 0.2) is 18.3 Å². The summed E-state index contributed by atoms with van der Waals surface area (Å²) < 4.78 is 38.3. The first-order valence-corrected chi connectivity index (χ1v) is 5.96. The standard InChI is InChI=1S/C12H14F3N3O/c13-12(14,15)8-3-2-6-18(7-8)11-9(10(16)19)4-1-5-17-11/h1,4-5,8H,2-3,6-7H2,(H2,16,19). The van der Waals surface area contributed by atoms with E-state index >= 15 is 0 Å². The van der Waals surface area contributed by atoms with E-state index in [1.54, 1.807) is 0 Å². The third kappa shape index (κ3) is 2.97. The van der Waals surface area contributed by atoms with Crippen molar-refractivity contribution in [1.29, 1.82) is 0 Å². The zero-order valence-electron chi connectivity index (χ0n) is 10.2. The molecule has 1 aromatic rings. The first-order chi connectivity index (χ1) is 8.89. The molecule has 2 rings (SSSR count). The number of hydrogen-bond acceptors (Lipinski definition) is 3. The number of aromatic nitrogens is 1. The Morgan fingerprint density at radius 2 is 2.21 bits per heavy atom. The number of rotatable bonds is 2. The molecule has 0 saturated carbocycles. The van der Waals surface area contributed by atoms with Gasteiger partial charge in [0.15, 0.2) is 0 Å². The maximum absolute atomic E-state index is 12.8. The van der Waals surface area contributed by atoms with Crippen LogP contribution >= 0.6 is 0 Å². The van der Waals surface area contributed by atoms with Gasteiger partial charge in [0.2, 0.25) is 0 Å². The summed E-state index contributed by atoms with van der Waals surface area (Å²) >= 11 is 0. The number of pyridine rings is 1. The molecule has 1 unspecified atom stereocenters. The lowest BCUT2D eigenvalue weighted by Crippen LogP contribution is -2.42. The number of hydrogen-bond donors (Lipinski definition) is 1. The number of carbonyl (C=O) groups excluding carboxylic acids is 1. The topological polar surface area (TPSA) is 59.2 Å². The van der Waals surface area contributed by atoms with E-state index in [4.69, 9.17) is 5.73 Å². The van der Waals surface area contributed by atoms with Gasteiger partial charge in [0.1, 0.15) is 5.82 Å². The Balaban J connectivity index is 2.25. The molecular weight excluding hydrogens is 259 g/mol. The van der Waals surface area contributed by atoms with Gasteiger partial charge in [0, 0.05) is 19.3 Å². The number of nitrogens with two attached hydrogens (primary N) is 1. The van der Waals surface area contributed by atoms with E-state index < -0.39 is 18.0 Å². The van der Waals surface area contributed by atoms with E-state index in [0.717, 1.165) is 0 Å². The number of nitrogens with zero attached hydrogens (tertiary/aromatic N) is 2. The van der Waals surface area contributed by atoms with Crippen molar-refractivity contribution in [3.63, 3.8) is 0 Å². The van der Waals surface area contributed by atoms with E-state index in [1.807, 2.05) is 0 Å². The SMILES string of the molecule is NC(=O)c1cccnc1N1CCCC(C(F)(F)F)C1. The predicted octanol–water partition coefficient (Wildman–Crippen LogP) is 1.96. The molecular formula is C12H14F3N3O. The van der Waals surface area contributed by atoms with Crippen molar-refractivity contribution in [3.8, 4) is 0 Å². The molecule has 2 heterocycles. The second-order valence-electron chi connectivity index (χ2n) is 4.57. The summed E-state index contributed by atoms with van der Waals surface area (Å²) in [5.41, 5.74) is 5.37. The fraction of sp³-hybridized carbons (Fsp3) is 0.500. The van der Waals surface area contributed by atoms with Crippen molar-refractivity contribution in [2.24, 2.45) is 11.7 Å². The van der Waals surface area contributed by atoms with Crippen LogP contribution in [0.1, 0.15) is 23.2 Å². The van der Waals surface area contributed by atoms with Gasteiger partial charge >= 0.3 is 6.18 Å². The third-order valence-corrected chi connectivity index (χ3v) is 3.24. The second-order valence-corrected chi connectivity index (χ2v) is 4.57. The largest absolute Gasteiger partial charge is 0.393 e. The van der Waals surface area contributed by atoms with Gasteiger partial charge < -0.3 is 10.6 Å². The van der Waals surface area contributed by atoms with Crippen LogP contribution in [0.2, 0.25) is 0 Å². The molecule has 0 aromatic carbocycles. The summed E-state index contributed by atoms with van der Waals surface area (Å²) in [6, 6.07) is 3.01. The summed E-state index contributed by atoms with van der Waals surface area (Å²) in [5.74, 6) is -1.83. The monoisotopic (exact) mass is 273 g/mol. The number of anilines is 1. The number of amides is 1. The molecule has 1 amide bonds. The van der Waals surface area contributed by atoms with Gasteiger partial charge in [0.05, 0.1) is 11.5 Å². The second kappa shape index (κ2) is 5.07. The molecule has 7 heteroatoms. The van der Waals surface area contributed by atoms with Crippen molar-refractivity contribution in [1.82, 2.24) is 4.98 Å². The maximum Gasteiger partial charge on any atom is 0.393 e. The van der Waals surface area contributed by atoms with Crippen LogP contribution in [0.4, 0.5) is 19.0 Å². The molecule has 1 fully saturated rings. The van der Waals surface area contributed by atoms with Crippen molar-refractivity contribution in [2.45, 2.75) is 19.0 Å². The van der Waals surface area contributed by atoms with E-state index in [-0.39, 0.29) is 24.3 Å². The van der Waals surface area contributed by atoms with Crippen LogP contribution in [0.5, 0.6) is 0 Å². The lowest BCUT2D eigenvalue weighted by atomic mass is 9.97. The minimum absolute atomic E-state index is 0.110. The Morgan fingerprint density at radius 3 is 2.84 bits per heavy atom. The van der Waals surface area contributed by atoms with Gasteiger partial charge in [-0.3, -0.25) is 4.79 Å². The Labute approximate surface area is 108 Å². The predicted molar refractivity (Wildman–Crippen MR) is 63.7 cm³/mol. The van der Waals surface area contributed by atoms with Gasteiger partial charge in [-0.05, 0) is 25.0 Å². The molecule has 2 N–H and O–H groups in total. The van der Waals surface area contributed by atoms with Crippen LogP contribution in [-0.4, -0.2) is 30.2 Å². The summed E-state index contributed by atoms with van der Waals surface area (Å²) in [6.07, 6.45) is -2.25. The molecule has 0 radical (unpaired) electrons. The molecule has 0 bridgehead atoms. The minimum Gasteiger partial charge on any atom is -0.365 e. The lowest BCUT2D eigenvalue weighted by molar-refractivity contribution is -0.176. The van der Waals surface area contributed by atoms with Crippen molar-refractivity contribution in [2.75, 3.05) is 18.0 Å². The molecule has 1 aliphatic heterocycles. The first-order valence-electron chi connectivity index (χ1n) is 5.96. The third-order valence-electron chi connectivity index (χ3n) is 3.24. The highest BCUT2D eigenvalue weighted by atomic mass is 19.4. The minimum atomic E-state index is -4.22. The van der Waals surface area contributed by atoms with E-state index in [1.165, 1.54) is 23.2 Å². The van der Waals surface area contributed by atoms with Crippen molar-refractivity contribution >= 4 is 11.7 Å². The summed E-state index contributed by atoms with van der Waals surface area (Å²) in [5, 5.41) is 0. The molecule has 0 spiro atoms. The van der Waals surface area contributed by atoms with Crippen LogP contribution in [-0.2, 0) is 0 Å². The molecule has 1 aromatic heterocycles. The number of alkyl halides is 3. The molecule has 1 aliphatic rings. The number of piperidine rings is 1. The Bertz CT molecular complexity index is 476. The molecule has 104 valence electrons. The Hall–Kier alpha value is -1.79. The lowest BCUT2D eigenvalue weighted by Gasteiger charge is -2.35. The zero-order chi connectivity index (χ0) is 14.0. The molecule has 4 nitrogen and oxygen atoms in total. The summed E-state index contributed by atoms with van der Waals surface area (Å²) in [4.78, 5) is 16.8. The normalized spacial score (nSPS) is 20.4. The number of primary amides is 1. The van der Waals surface area contributed by atoms with Crippen LogP contribution in [0.25, 0.3) is 0 Å². The molecule has 1 atom stereocenters. The average Bonchev–Trinajstić information content (AvgIpc) is 2.38. The average molecular weight is 273 g/mol. The van der Waals surface area contributed by atoms with Crippen LogP contribution in [0.3, 0.4) is 0 Å². The fourth-order valence-electron chi connectivity index (χ4n) is 2.28. The first kappa shape index (κ1) is 13.6. The highest BCUT2D eigenvalue weighted by Crippen LogP contribution is 2.34. The molecule has 0 aliphatic carbocycles. The molecule has 1 saturated heterocycles. The van der Waals surface area contributed by atoms with Crippen molar-refractivity contribution < 1.29 is 18.0 Å². The highest BCUT2D eigenvalue weighted by Gasteiger charge is 2.42. The van der Waals surface area contributed by atoms with E-state index in [0.29, 0.717) is 13.0 Å². The Morgan fingerprint density at radius 1 is 1.47 bits per heavy atom. The molecule has 19 heavy (non-hydrogen) atoms. The van der Waals surface area contributed by atoms with Gasteiger partial charge in [-0.2, -0.15) is 13.2 Å². The summed E-state index contributed by atoms with van der Waals surface area (Å²) in [7, 11) is 0. The summed E-state index contributed by atoms with van der Waals surface area (Å²) in [6.45, 7) is 0.269. The number of halogens is 3. The van der Waals surface area contributed by atoms with E-state index in [9.17, 15) is 18.0 Å². The fourth-order valence-corrected chi connectivity index (χ4v) is 2.28. The van der Waals surface area contributed by atoms with Crippen molar-refractivity contribution in [3.05, 3.63) is 23.9 Å². The number of carbonyl (C=O) groups is 1. The van der Waals surface area contributed by atoms with Gasteiger partial charge in [-0.1, -0.05) is 0 Å². The maximum atomic E-state index is 12.8. The van der Waals surface area contributed by atoms with Gasteiger partial charge in [-0.15, -0.1) is 0 Å². The zero-order valence-corrected chi connectivity index (χ0v) is 10.2. The Kier molecular flexibility index (Phi) is 3.64. The van der Waals surface area contributed by atoms with Crippen LogP contribution in [0, 0.1) is 5.92 Å².